The van der Waals surface area contributed by atoms with Crippen molar-refractivity contribution < 1.29 is 13.2 Å². The largest absolute Gasteiger partial charge is 0.350 e. The van der Waals surface area contributed by atoms with Gasteiger partial charge in [0.2, 0.25) is 10.0 Å². The van der Waals surface area contributed by atoms with Crippen molar-refractivity contribution in [3.8, 4) is 0 Å². The number of anilines is 1. The van der Waals surface area contributed by atoms with Gasteiger partial charge in [-0.1, -0.05) is 49.7 Å². The third-order valence-electron chi connectivity index (χ3n) is 4.14. The van der Waals surface area contributed by atoms with Crippen LogP contribution in [-0.2, 0) is 10.0 Å². The van der Waals surface area contributed by atoms with Crippen LogP contribution in [0.1, 0.15) is 41.3 Å². The van der Waals surface area contributed by atoms with Gasteiger partial charge in [-0.25, -0.2) is 8.42 Å². The quantitative estimate of drug-likeness (QED) is 0.808. The average molecular weight is 375 g/mol. The summed E-state index contributed by atoms with van der Waals surface area (Å²) in [5, 5.41) is 2.79. The van der Waals surface area contributed by atoms with Gasteiger partial charge in [-0.3, -0.25) is 9.10 Å². The van der Waals surface area contributed by atoms with Gasteiger partial charge in [0.05, 0.1) is 18.5 Å². The molecule has 0 atom stereocenters. The maximum atomic E-state index is 12.3. The molecule has 2 aromatic rings. The zero-order valence-electron chi connectivity index (χ0n) is 15.7. The van der Waals surface area contributed by atoms with Crippen LogP contribution in [0.5, 0.6) is 0 Å². The Balaban J connectivity index is 2.13. The highest BCUT2D eigenvalue weighted by Gasteiger charge is 2.21. The molecule has 0 radical (unpaired) electrons. The Morgan fingerprint density at radius 3 is 2.27 bits per heavy atom. The van der Waals surface area contributed by atoms with Crippen molar-refractivity contribution in [3.63, 3.8) is 0 Å². The van der Waals surface area contributed by atoms with Gasteiger partial charge in [0.25, 0.3) is 5.91 Å². The molecule has 0 saturated heterocycles. The topological polar surface area (TPSA) is 66.5 Å². The fourth-order valence-corrected chi connectivity index (χ4v) is 3.69. The summed E-state index contributed by atoms with van der Waals surface area (Å²) >= 11 is 0. The van der Waals surface area contributed by atoms with Crippen molar-refractivity contribution in [2.75, 3.05) is 23.7 Å². The fraction of sp³-hybridized carbons (Fsp3) is 0.350. The Morgan fingerprint density at radius 2 is 1.69 bits per heavy atom. The highest BCUT2D eigenvalue weighted by molar-refractivity contribution is 7.92. The number of sulfonamides is 1. The Hall–Kier alpha value is -2.34. The van der Waals surface area contributed by atoms with Gasteiger partial charge in [0.1, 0.15) is 0 Å². The van der Waals surface area contributed by atoms with Crippen LogP contribution in [0.4, 0.5) is 5.69 Å². The number of rotatable bonds is 7. The zero-order chi connectivity index (χ0) is 19.3. The van der Waals surface area contributed by atoms with E-state index in [1.807, 2.05) is 51.1 Å². The van der Waals surface area contributed by atoms with Crippen molar-refractivity contribution in [3.05, 3.63) is 65.2 Å². The van der Waals surface area contributed by atoms with E-state index in [-0.39, 0.29) is 24.9 Å². The number of hydrogen-bond donors (Lipinski definition) is 1. The van der Waals surface area contributed by atoms with Gasteiger partial charge in [-0.2, -0.15) is 0 Å². The minimum absolute atomic E-state index is 0.181. The molecular formula is C20H26N2O3S. The lowest BCUT2D eigenvalue weighted by Crippen LogP contribution is -2.38. The van der Waals surface area contributed by atoms with Crippen molar-refractivity contribution >= 4 is 21.6 Å². The highest BCUT2D eigenvalue weighted by Crippen LogP contribution is 2.28. The van der Waals surface area contributed by atoms with Gasteiger partial charge in [0.15, 0.2) is 0 Å². The molecule has 1 amide bonds. The van der Waals surface area contributed by atoms with E-state index in [1.54, 1.807) is 18.2 Å². The molecule has 5 nitrogen and oxygen atoms in total. The molecule has 6 heteroatoms. The molecular weight excluding hydrogens is 348 g/mol. The molecule has 0 spiro atoms. The predicted molar refractivity (Wildman–Crippen MR) is 106 cm³/mol. The summed E-state index contributed by atoms with van der Waals surface area (Å²) in [7, 11) is -3.46. The first-order valence-electron chi connectivity index (χ1n) is 8.61. The number of nitrogens with zero attached hydrogens (tertiary/aromatic N) is 1. The van der Waals surface area contributed by atoms with Crippen molar-refractivity contribution in [1.29, 1.82) is 0 Å². The Labute approximate surface area is 156 Å². The first-order chi connectivity index (χ1) is 12.2. The number of hydrogen-bond acceptors (Lipinski definition) is 3. The summed E-state index contributed by atoms with van der Waals surface area (Å²) in [5.74, 6) is -0.0202. The molecule has 0 aliphatic rings. The molecule has 0 unspecified atom stereocenters. The van der Waals surface area contributed by atoms with Crippen molar-refractivity contribution in [1.82, 2.24) is 5.32 Å². The molecule has 0 heterocycles. The molecule has 0 fully saturated rings. The van der Waals surface area contributed by atoms with E-state index in [1.165, 1.54) is 10.6 Å². The average Bonchev–Trinajstić information content (AvgIpc) is 2.58. The van der Waals surface area contributed by atoms with Gasteiger partial charge in [-0.15, -0.1) is 0 Å². The van der Waals surface area contributed by atoms with Crippen LogP contribution in [0, 0.1) is 6.92 Å². The molecule has 0 saturated carbocycles. The number of amides is 1. The van der Waals surface area contributed by atoms with Crippen LogP contribution in [0.3, 0.4) is 0 Å². The molecule has 26 heavy (non-hydrogen) atoms. The molecule has 1 N–H and O–H groups in total. The minimum atomic E-state index is -3.46. The summed E-state index contributed by atoms with van der Waals surface area (Å²) < 4.78 is 26.0. The van der Waals surface area contributed by atoms with E-state index in [9.17, 15) is 13.2 Å². The van der Waals surface area contributed by atoms with Gasteiger partial charge in [-0.05, 0) is 36.6 Å². The summed E-state index contributed by atoms with van der Waals surface area (Å²) in [5.41, 5.74) is 3.26. The smallest absolute Gasteiger partial charge is 0.251 e. The van der Waals surface area contributed by atoms with Crippen LogP contribution in [0.2, 0.25) is 0 Å². The fourth-order valence-electron chi connectivity index (χ4n) is 2.75. The lowest BCUT2D eigenvalue weighted by molar-refractivity contribution is 0.0955. The van der Waals surface area contributed by atoms with Crippen LogP contribution < -0.4 is 9.62 Å². The summed E-state index contributed by atoms with van der Waals surface area (Å²) in [6.45, 7) is 6.42. The summed E-state index contributed by atoms with van der Waals surface area (Å²) in [6.07, 6.45) is 1.19. The van der Waals surface area contributed by atoms with Crippen LogP contribution >= 0.6 is 0 Å². The normalized spacial score (nSPS) is 11.4. The molecule has 140 valence electrons. The highest BCUT2D eigenvalue weighted by atomic mass is 32.2. The lowest BCUT2D eigenvalue weighted by atomic mass is 10.0. The van der Waals surface area contributed by atoms with Crippen molar-refractivity contribution in [2.45, 2.75) is 26.7 Å². The molecule has 2 rings (SSSR count). The van der Waals surface area contributed by atoms with Crippen LogP contribution in [-0.4, -0.2) is 33.7 Å². The number of benzene rings is 2. The molecule has 0 aliphatic heterocycles. The maximum Gasteiger partial charge on any atom is 0.251 e. The zero-order valence-corrected chi connectivity index (χ0v) is 16.5. The molecule has 0 bridgehead atoms. The van der Waals surface area contributed by atoms with E-state index in [4.69, 9.17) is 0 Å². The van der Waals surface area contributed by atoms with E-state index in [0.717, 1.165) is 11.1 Å². The number of carbonyl (C=O) groups excluding carboxylic acids is 1. The third-order valence-corrected chi connectivity index (χ3v) is 5.32. The van der Waals surface area contributed by atoms with Gasteiger partial charge < -0.3 is 5.32 Å². The van der Waals surface area contributed by atoms with E-state index < -0.39 is 10.0 Å². The SMILES string of the molecule is Cc1ccc(C(=O)NCCN(c2ccccc2C(C)C)S(C)(=O)=O)cc1. The Morgan fingerprint density at radius 1 is 1.08 bits per heavy atom. The first kappa shape index (κ1) is 20.0. The standard InChI is InChI=1S/C20H26N2O3S/c1-15(2)18-7-5-6-8-19(18)22(26(4,24)25)14-13-21-20(23)17-11-9-16(3)10-12-17/h5-12,15H,13-14H2,1-4H3,(H,21,23). The van der Waals surface area contributed by atoms with E-state index in [2.05, 4.69) is 5.32 Å². The Kier molecular flexibility index (Phi) is 6.42. The Bertz CT molecular complexity index is 859. The first-order valence-corrected chi connectivity index (χ1v) is 10.5. The van der Waals surface area contributed by atoms with Gasteiger partial charge in [0, 0.05) is 12.1 Å². The number of aryl methyl sites for hydroxylation is 1. The minimum Gasteiger partial charge on any atom is -0.350 e. The number of nitrogens with one attached hydrogen (secondary N) is 1. The predicted octanol–water partition coefficient (Wildman–Crippen LogP) is 3.31. The lowest BCUT2D eigenvalue weighted by Gasteiger charge is -2.26. The maximum absolute atomic E-state index is 12.3. The number of carbonyl (C=O) groups is 1. The molecule has 0 aromatic heterocycles. The second-order valence-corrected chi connectivity index (χ2v) is 8.58. The second-order valence-electron chi connectivity index (χ2n) is 6.67. The summed E-state index contributed by atoms with van der Waals surface area (Å²) in [6, 6.07) is 14.7. The summed E-state index contributed by atoms with van der Waals surface area (Å²) in [4.78, 5) is 12.2. The van der Waals surface area contributed by atoms with Gasteiger partial charge >= 0.3 is 0 Å². The monoisotopic (exact) mass is 374 g/mol. The second kappa shape index (κ2) is 8.36. The van der Waals surface area contributed by atoms with Crippen LogP contribution in [0.25, 0.3) is 0 Å². The van der Waals surface area contributed by atoms with E-state index >= 15 is 0 Å². The molecule has 2 aromatic carbocycles. The van der Waals surface area contributed by atoms with E-state index in [0.29, 0.717) is 11.3 Å². The third kappa shape index (κ3) is 5.08. The van der Waals surface area contributed by atoms with Crippen molar-refractivity contribution in [2.24, 2.45) is 0 Å². The number of para-hydroxylation sites is 1. The molecule has 0 aliphatic carbocycles. The van der Waals surface area contributed by atoms with Crippen LogP contribution in [0.15, 0.2) is 48.5 Å².